The van der Waals surface area contributed by atoms with Gasteiger partial charge < -0.3 is 15.3 Å². The minimum absolute atomic E-state index is 0.225. The van der Waals surface area contributed by atoms with Crippen molar-refractivity contribution in [3.63, 3.8) is 0 Å². The van der Waals surface area contributed by atoms with Crippen molar-refractivity contribution in [3.8, 4) is 0 Å². The average Bonchev–Trinajstić information content (AvgIpc) is 2.83. The lowest BCUT2D eigenvalue weighted by atomic mass is 10.2. The molecule has 1 fully saturated rings. The number of aliphatic imine (C=N–C) groups is 1. The van der Waals surface area contributed by atoms with Crippen LogP contribution in [0.4, 0.5) is 0 Å². The van der Waals surface area contributed by atoms with Crippen molar-refractivity contribution >= 4 is 21.9 Å². The van der Waals surface area contributed by atoms with E-state index in [2.05, 4.69) is 50.2 Å². The Labute approximate surface area is 122 Å². The highest BCUT2D eigenvalue weighted by atomic mass is 79.9. The van der Waals surface area contributed by atoms with Crippen LogP contribution in [0.25, 0.3) is 0 Å². The summed E-state index contributed by atoms with van der Waals surface area (Å²) < 4.78 is 1.08. The Morgan fingerprint density at radius 1 is 1.47 bits per heavy atom. The van der Waals surface area contributed by atoms with Gasteiger partial charge in [0.1, 0.15) is 0 Å². The Balaban J connectivity index is 2.01. The normalized spacial score (nSPS) is 19.8. The molecule has 1 aromatic rings. The van der Waals surface area contributed by atoms with E-state index < -0.39 is 0 Å². The van der Waals surface area contributed by atoms with Crippen LogP contribution in [0.3, 0.4) is 0 Å². The van der Waals surface area contributed by atoms with Crippen LogP contribution < -0.4 is 5.32 Å². The van der Waals surface area contributed by atoms with Gasteiger partial charge in [-0.05, 0) is 31.0 Å². The molecule has 0 aromatic heterocycles. The van der Waals surface area contributed by atoms with Gasteiger partial charge in [0.15, 0.2) is 5.96 Å². The Morgan fingerprint density at radius 3 is 2.79 bits per heavy atom. The summed E-state index contributed by atoms with van der Waals surface area (Å²) in [4.78, 5) is 6.75. The fraction of sp³-hybridized carbons (Fsp3) is 0.500. The van der Waals surface area contributed by atoms with Gasteiger partial charge in [-0.25, -0.2) is 4.99 Å². The SMILES string of the molecule is CCNC(=NCc1ccc(Br)cc1)N1CC[C@@H](O)C1. The molecular weight excluding hydrogens is 306 g/mol. The van der Waals surface area contributed by atoms with Gasteiger partial charge in [0.2, 0.25) is 0 Å². The highest BCUT2D eigenvalue weighted by Gasteiger charge is 2.22. The number of guanidine groups is 1. The van der Waals surface area contributed by atoms with Crippen molar-refractivity contribution in [2.45, 2.75) is 26.0 Å². The van der Waals surface area contributed by atoms with Crippen LogP contribution in [-0.4, -0.2) is 41.7 Å². The largest absolute Gasteiger partial charge is 0.391 e. The van der Waals surface area contributed by atoms with E-state index in [1.165, 1.54) is 5.56 Å². The maximum absolute atomic E-state index is 9.60. The number of nitrogens with zero attached hydrogens (tertiary/aromatic N) is 2. The lowest BCUT2D eigenvalue weighted by Crippen LogP contribution is -2.40. The molecule has 0 radical (unpaired) electrons. The van der Waals surface area contributed by atoms with Crippen molar-refractivity contribution in [3.05, 3.63) is 34.3 Å². The number of nitrogens with one attached hydrogen (secondary N) is 1. The summed E-state index contributed by atoms with van der Waals surface area (Å²) >= 11 is 3.43. The molecule has 1 saturated heterocycles. The summed E-state index contributed by atoms with van der Waals surface area (Å²) in [6.07, 6.45) is 0.597. The number of rotatable bonds is 3. The molecule has 0 saturated carbocycles. The third-order valence-electron chi connectivity index (χ3n) is 3.12. The molecule has 0 bridgehead atoms. The molecule has 1 aliphatic rings. The standard InChI is InChI=1S/C14H20BrN3O/c1-2-16-14(18-8-7-13(19)10-18)17-9-11-3-5-12(15)6-4-11/h3-6,13,19H,2,7-10H2,1H3,(H,16,17)/t13-/m1/s1. The topological polar surface area (TPSA) is 47.9 Å². The van der Waals surface area contributed by atoms with Gasteiger partial charge in [-0.2, -0.15) is 0 Å². The van der Waals surface area contributed by atoms with Crippen LogP contribution in [-0.2, 0) is 6.54 Å². The van der Waals surface area contributed by atoms with E-state index in [0.717, 1.165) is 29.9 Å². The lowest BCUT2D eigenvalue weighted by Gasteiger charge is -2.20. The van der Waals surface area contributed by atoms with Crippen LogP contribution in [0.1, 0.15) is 18.9 Å². The van der Waals surface area contributed by atoms with Crippen LogP contribution in [0.2, 0.25) is 0 Å². The second-order valence-electron chi connectivity index (χ2n) is 4.69. The molecule has 104 valence electrons. The van der Waals surface area contributed by atoms with Crippen LogP contribution >= 0.6 is 15.9 Å². The summed E-state index contributed by atoms with van der Waals surface area (Å²) in [5.41, 5.74) is 1.18. The molecule has 0 amide bonds. The Hall–Kier alpha value is -1.07. The first-order valence-electron chi connectivity index (χ1n) is 6.65. The number of benzene rings is 1. The summed E-state index contributed by atoms with van der Waals surface area (Å²) in [7, 11) is 0. The van der Waals surface area contributed by atoms with Gasteiger partial charge >= 0.3 is 0 Å². The maximum atomic E-state index is 9.60. The van der Waals surface area contributed by atoms with Crippen molar-refractivity contribution in [1.29, 1.82) is 0 Å². The van der Waals surface area contributed by atoms with Crippen LogP contribution in [0.15, 0.2) is 33.7 Å². The van der Waals surface area contributed by atoms with Crippen molar-refractivity contribution in [2.24, 2.45) is 4.99 Å². The monoisotopic (exact) mass is 325 g/mol. The molecule has 5 heteroatoms. The van der Waals surface area contributed by atoms with Crippen molar-refractivity contribution in [2.75, 3.05) is 19.6 Å². The quantitative estimate of drug-likeness (QED) is 0.660. The predicted octanol–water partition coefficient (Wildman–Crippen LogP) is 1.98. The minimum atomic E-state index is -0.225. The molecular formula is C14H20BrN3O. The third-order valence-corrected chi connectivity index (χ3v) is 3.65. The minimum Gasteiger partial charge on any atom is -0.391 e. The Kier molecular flexibility index (Phi) is 5.22. The zero-order chi connectivity index (χ0) is 13.7. The molecule has 0 aliphatic carbocycles. The zero-order valence-corrected chi connectivity index (χ0v) is 12.7. The van der Waals surface area contributed by atoms with Crippen molar-refractivity contribution < 1.29 is 5.11 Å². The zero-order valence-electron chi connectivity index (χ0n) is 11.1. The number of hydrogen-bond acceptors (Lipinski definition) is 2. The molecule has 1 heterocycles. The molecule has 1 atom stereocenters. The first kappa shape index (κ1) is 14.3. The molecule has 19 heavy (non-hydrogen) atoms. The summed E-state index contributed by atoms with van der Waals surface area (Å²) in [6, 6.07) is 8.18. The van der Waals surface area contributed by atoms with Gasteiger partial charge in [-0.3, -0.25) is 0 Å². The molecule has 0 unspecified atom stereocenters. The predicted molar refractivity (Wildman–Crippen MR) is 81.2 cm³/mol. The fourth-order valence-corrected chi connectivity index (χ4v) is 2.38. The Morgan fingerprint density at radius 2 is 2.21 bits per heavy atom. The van der Waals surface area contributed by atoms with Gasteiger partial charge in [-0.15, -0.1) is 0 Å². The Bertz CT molecular complexity index is 433. The van der Waals surface area contributed by atoms with E-state index in [-0.39, 0.29) is 6.10 Å². The molecule has 4 nitrogen and oxygen atoms in total. The second-order valence-corrected chi connectivity index (χ2v) is 5.60. The highest BCUT2D eigenvalue weighted by molar-refractivity contribution is 9.10. The average molecular weight is 326 g/mol. The first-order chi connectivity index (χ1) is 9.19. The lowest BCUT2D eigenvalue weighted by molar-refractivity contribution is 0.188. The van der Waals surface area contributed by atoms with Gasteiger partial charge in [0, 0.05) is 24.1 Å². The molecule has 2 N–H and O–H groups in total. The number of β-amino-alcohol motifs (C(OH)–C–C–N with tert-alkyl or cyclic N) is 1. The van der Waals surface area contributed by atoms with E-state index in [4.69, 9.17) is 0 Å². The van der Waals surface area contributed by atoms with E-state index in [0.29, 0.717) is 13.1 Å². The van der Waals surface area contributed by atoms with Gasteiger partial charge in [0.25, 0.3) is 0 Å². The number of halogens is 1. The molecule has 1 aromatic carbocycles. The summed E-state index contributed by atoms with van der Waals surface area (Å²) in [6.45, 7) is 5.09. The smallest absolute Gasteiger partial charge is 0.194 e. The van der Waals surface area contributed by atoms with E-state index in [9.17, 15) is 5.11 Å². The number of hydrogen-bond donors (Lipinski definition) is 2. The molecule has 1 aliphatic heterocycles. The van der Waals surface area contributed by atoms with E-state index in [1.807, 2.05) is 12.1 Å². The molecule has 0 spiro atoms. The fourth-order valence-electron chi connectivity index (χ4n) is 2.12. The van der Waals surface area contributed by atoms with Gasteiger partial charge in [-0.1, -0.05) is 28.1 Å². The number of aliphatic hydroxyl groups is 1. The van der Waals surface area contributed by atoms with Crippen LogP contribution in [0.5, 0.6) is 0 Å². The van der Waals surface area contributed by atoms with Crippen LogP contribution in [0, 0.1) is 0 Å². The number of aliphatic hydroxyl groups excluding tert-OH is 1. The summed E-state index contributed by atoms with van der Waals surface area (Å²) in [5, 5.41) is 12.9. The summed E-state index contributed by atoms with van der Waals surface area (Å²) in [5.74, 6) is 0.891. The first-order valence-corrected chi connectivity index (χ1v) is 7.44. The van der Waals surface area contributed by atoms with E-state index >= 15 is 0 Å². The third kappa shape index (κ3) is 4.21. The van der Waals surface area contributed by atoms with E-state index in [1.54, 1.807) is 0 Å². The molecule has 2 rings (SSSR count). The maximum Gasteiger partial charge on any atom is 0.194 e. The van der Waals surface area contributed by atoms with Gasteiger partial charge in [0.05, 0.1) is 12.6 Å². The highest BCUT2D eigenvalue weighted by Crippen LogP contribution is 2.12. The second kappa shape index (κ2) is 6.91. The number of likely N-dealkylation sites (tertiary alicyclic amines) is 1. The van der Waals surface area contributed by atoms with Crippen molar-refractivity contribution in [1.82, 2.24) is 10.2 Å².